The van der Waals surface area contributed by atoms with Crippen molar-refractivity contribution in [2.75, 3.05) is 0 Å². The van der Waals surface area contributed by atoms with E-state index in [0.29, 0.717) is 5.57 Å². The van der Waals surface area contributed by atoms with E-state index in [1.807, 2.05) is 0 Å². The minimum atomic E-state index is -0.0739. The van der Waals surface area contributed by atoms with Gasteiger partial charge in [0.25, 0.3) is 0 Å². The Morgan fingerprint density at radius 2 is 1.83 bits per heavy atom. The molecule has 0 unspecified atom stereocenters. The van der Waals surface area contributed by atoms with E-state index in [4.69, 9.17) is 0 Å². The Bertz CT molecular complexity index is 234. The molecule has 2 heteroatoms. The van der Waals surface area contributed by atoms with E-state index >= 15 is 0 Å². The zero-order valence-corrected chi connectivity index (χ0v) is 7.76. The molecule has 0 bridgehead atoms. The largest absolute Gasteiger partial charge is 0.300 e. The predicted octanol–water partition coefficient (Wildman–Crippen LogP) is 2.06. The van der Waals surface area contributed by atoms with E-state index in [1.165, 1.54) is 13.0 Å². The molecule has 0 aliphatic heterocycles. The molecule has 12 heavy (non-hydrogen) atoms. The summed E-state index contributed by atoms with van der Waals surface area (Å²) in [4.78, 5) is 21.9. The van der Waals surface area contributed by atoms with Gasteiger partial charge in [0.05, 0.1) is 0 Å². The molecule has 0 saturated heterocycles. The Labute approximate surface area is 73.0 Å². The first-order valence-electron chi connectivity index (χ1n) is 3.93. The maximum absolute atomic E-state index is 11.2. The van der Waals surface area contributed by atoms with Gasteiger partial charge >= 0.3 is 0 Å². The van der Waals surface area contributed by atoms with Gasteiger partial charge in [-0.2, -0.15) is 0 Å². The van der Waals surface area contributed by atoms with Crippen molar-refractivity contribution in [3.63, 3.8) is 0 Å². The Morgan fingerprint density at radius 3 is 2.17 bits per heavy atom. The molecule has 0 N–H and O–H groups in total. The van der Waals surface area contributed by atoms with E-state index in [2.05, 4.69) is 0 Å². The molecule has 0 amide bonds. The number of hydrogen-bond donors (Lipinski definition) is 0. The smallest absolute Gasteiger partial charge is 0.181 e. The van der Waals surface area contributed by atoms with Crippen LogP contribution in [0.25, 0.3) is 0 Å². The first-order chi connectivity index (χ1) is 5.61. The molecule has 0 aromatic rings. The highest BCUT2D eigenvalue weighted by Gasteiger charge is 2.06. The molecular weight excluding hydrogens is 152 g/mol. The van der Waals surface area contributed by atoms with Gasteiger partial charge in [0.2, 0.25) is 0 Å². The van der Waals surface area contributed by atoms with Crippen molar-refractivity contribution in [3.8, 4) is 0 Å². The highest BCUT2D eigenvalue weighted by Crippen LogP contribution is 2.04. The fraction of sp³-hybridized carbons (Fsp3) is 0.400. The first kappa shape index (κ1) is 10.8. The zero-order chi connectivity index (χ0) is 9.56. The van der Waals surface area contributed by atoms with Crippen LogP contribution in [0.1, 0.15) is 27.2 Å². The fourth-order valence-corrected chi connectivity index (χ4v) is 0.858. The van der Waals surface area contributed by atoms with Crippen LogP contribution in [0.3, 0.4) is 0 Å². The summed E-state index contributed by atoms with van der Waals surface area (Å²) in [5, 5.41) is 0. The third-order valence-corrected chi connectivity index (χ3v) is 1.42. The van der Waals surface area contributed by atoms with Crippen molar-refractivity contribution in [1.29, 1.82) is 0 Å². The molecule has 0 aliphatic rings. The molecule has 0 atom stereocenters. The molecule has 0 spiro atoms. The van der Waals surface area contributed by atoms with Crippen molar-refractivity contribution in [2.45, 2.75) is 27.2 Å². The SMILES string of the molecule is CC=CC(=O)C(=CC)CC(C)=O. The summed E-state index contributed by atoms with van der Waals surface area (Å²) in [6, 6.07) is 0. The van der Waals surface area contributed by atoms with Crippen molar-refractivity contribution in [3.05, 3.63) is 23.8 Å². The second-order valence-electron chi connectivity index (χ2n) is 2.56. The minimum Gasteiger partial charge on any atom is -0.300 e. The lowest BCUT2D eigenvalue weighted by Gasteiger charge is -1.97. The van der Waals surface area contributed by atoms with Gasteiger partial charge in [0, 0.05) is 12.0 Å². The van der Waals surface area contributed by atoms with Crippen LogP contribution in [0.4, 0.5) is 0 Å². The van der Waals surface area contributed by atoms with Crippen LogP contribution in [0.2, 0.25) is 0 Å². The van der Waals surface area contributed by atoms with Gasteiger partial charge in [-0.25, -0.2) is 0 Å². The Balaban J connectivity index is 4.37. The van der Waals surface area contributed by atoms with Crippen molar-refractivity contribution in [1.82, 2.24) is 0 Å². The third-order valence-electron chi connectivity index (χ3n) is 1.42. The summed E-state index contributed by atoms with van der Waals surface area (Å²) >= 11 is 0. The lowest BCUT2D eigenvalue weighted by Crippen LogP contribution is -2.03. The van der Waals surface area contributed by atoms with E-state index in [9.17, 15) is 9.59 Å². The number of carbonyl (C=O) groups excluding carboxylic acids is 2. The molecule has 0 aromatic heterocycles. The molecule has 0 rings (SSSR count). The molecule has 0 aliphatic carbocycles. The lowest BCUT2D eigenvalue weighted by molar-refractivity contribution is -0.118. The topological polar surface area (TPSA) is 34.1 Å². The Kier molecular flexibility index (Phi) is 4.93. The van der Waals surface area contributed by atoms with E-state index < -0.39 is 0 Å². The van der Waals surface area contributed by atoms with Crippen LogP contribution < -0.4 is 0 Å². The third kappa shape index (κ3) is 3.86. The Hall–Kier alpha value is -1.18. The molecule has 0 heterocycles. The number of rotatable bonds is 4. The van der Waals surface area contributed by atoms with Gasteiger partial charge in [0.15, 0.2) is 5.78 Å². The van der Waals surface area contributed by atoms with Crippen LogP contribution in [0, 0.1) is 0 Å². The molecule has 66 valence electrons. The van der Waals surface area contributed by atoms with Gasteiger partial charge in [-0.3, -0.25) is 9.59 Å². The van der Waals surface area contributed by atoms with Gasteiger partial charge in [0.1, 0.15) is 5.78 Å². The monoisotopic (exact) mass is 166 g/mol. The molecule has 2 nitrogen and oxygen atoms in total. The maximum Gasteiger partial charge on any atom is 0.181 e. The normalized spacial score (nSPS) is 12.1. The maximum atomic E-state index is 11.2. The van der Waals surface area contributed by atoms with Crippen LogP contribution in [-0.2, 0) is 9.59 Å². The minimum absolute atomic E-state index is 0.0148. The number of ketones is 2. The van der Waals surface area contributed by atoms with Crippen molar-refractivity contribution >= 4 is 11.6 Å². The predicted molar refractivity (Wildman–Crippen MR) is 48.9 cm³/mol. The fourth-order valence-electron chi connectivity index (χ4n) is 0.858. The van der Waals surface area contributed by atoms with Gasteiger partial charge < -0.3 is 0 Å². The first-order valence-corrected chi connectivity index (χ1v) is 3.93. The van der Waals surface area contributed by atoms with Gasteiger partial charge in [-0.05, 0) is 26.8 Å². The Morgan fingerprint density at radius 1 is 1.25 bits per heavy atom. The second kappa shape index (κ2) is 5.47. The summed E-state index contributed by atoms with van der Waals surface area (Å²) in [5.41, 5.74) is 0.570. The van der Waals surface area contributed by atoms with Crippen LogP contribution >= 0.6 is 0 Å². The van der Waals surface area contributed by atoms with Crippen LogP contribution in [0.15, 0.2) is 23.8 Å². The molecule has 0 radical (unpaired) electrons. The van der Waals surface area contributed by atoms with E-state index in [0.717, 1.165) is 0 Å². The zero-order valence-electron chi connectivity index (χ0n) is 7.76. The summed E-state index contributed by atoms with van der Waals surface area (Å²) in [6.07, 6.45) is 5.06. The molecule has 0 saturated carbocycles. The molecule has 0 aromatic carbocycles. The lowest BCUT2D eigenvalue weighted by atomic mass is 10.1. The average Bonchev–Trinajstić information content (AvgIpc) is 2.00. The summed E-state index contributed by atoms with van der Waals surface area (Å²) in [6.45, 7) is 5.02. The number of allylic oxidation sites excluding steroid dienone is 4. The second-order valence-corrected chi connectivity index (χ2v) is 2.56. The number of hydrogen-bond acceptors (Lipinski definition) is 2. The number of carbonyl (C=O) groups is 2. The van der Waals surface area contributed by atoms with E-state index in [1.54, 1.807) is 26.0 Å². The van der Waals surface area contributed by atoms with Gasteiger partial charge in [-0.15, -0.1) is 0 Å². The van der Waals surface area contributed by atoms with Crippen LogP contribution in [-0.4, -0.2) is 11.6 Å². The van der Waals surface area contributed by atoms with Gasteiger partial charge in [-0.1, -0.05) is 12.2 Å². The molecular formula is C10H14O2. The summed E-state index contributed by atoms with van der Waals surface area (Å²) in [7, 11) is 0. The summed E-state index contributed by atoms with van der Waals surface area (Å²) < 4.78 is 0. The standard InChI is InChI=1S/C10H14O2/c1-4-6-10(12)9(5-2)7-8(3)11/h4-6H,7H2,1-3H3. The highest BCUT2D eigenvalue weighted by molar-refractivity contribution is 6.06. The summed E-state index contributed by atoms with van der Waals surface area (Å²) in [5.74, 6) is -0.0591. The number of Topliss-reactive ketones (excluding diaryl/α,β-unsaturated/α-hetero) is 1. The quantitative estimate of drug-likeness (QED) is 0.599. The van der Waals surface area contributed by atoms with E-state index in [-0.39, 0.29) is 18.0 Å². The van der Waals surface area contributed by atoms with Crippen LogP contribution in [0.5, 0.6) is 0 Å². The average molecular weight is 166 g/mol. The van der Waals surface area contributed by atoms with Crippen molar-refractivity contribution < 1.29 is 9.59 Å². The highest BCUT2D eigenvalue weighted by atomic mass is 16.1. The molecule has 0 fully saturated rings. The van der Waals surface area contributed by atoms with Crippen molar-refractivity contribution in [2.24, 2.45) is 0 Å².